The van der Waals surface area contributed by atoms with Gasteiger partial charge in [-0.15, -0.1) is 0 Å². The minimum absolute atomic E-state index is 0.121. The van der Waals surface area contributed by atoms with E-state index in [9.17, 15) is 9.90 Å². The average Bonchev–Trinajstić information content (AvgIpc) is 2.62. The largest absolute Gasteiger partial charge is 0.507 e. The number of ketones is 1. The van der Waals surface area contributed by atoms with Gasteiger partial charge < -0.3 is 5.11 Å². The molecule has 0 amide bonds. The van der Waals surface area contributed by atoms with Gasteiger partial charge in [-0.2, -0.15) is 0 Å². The van der Waals surface area contributed by atoms with E-state index < -0.39 is 0 Å². The van der Waals surface area contributed by atoms with E-state index in [1.54, 1.807) is 48.5 Å². The fourth-order valence-corrected chi connectivity index (χ4v) is 2.59. The molecular formula is C21H15ClO2. The first kappa shape index (κ1) is 16.0. The molecule has 118 valence electrons. The highest BCUT2D eigenvalue weighted by Crippen LogP contribution is 2.31. The van der Waals surface area contributed by atoms with Crippen LogP contribution in [0.2, 0.25) is 5.02 Å². The summed E-state index contributed by atoms with van der Waals surface area (Å²) in [5, 5.41) is 10.8. The summed E-state index contributed by atoms with van der Waals surface area (Å²) in [4.78, 5) is 12.6. The molecule has 2 nitrogen and oxygen atoms in total. The summed E-state index contributed by atoms with van der Waals surface area (Å²) in [5.41, 5.74) is 2.66. The van der Waals surface area contributed by atoms with Crippen LogP contribution in [0.3, 0.4) is 0 Å². The van der Waals surface area contributed by atoms with Crippen LogP contribution >= 0.6 is 11.6 Å². The lowest BCUT2D eigenvalue weighted by molar-refractivity contribution is 0.104. The summed E-state index contributed by atoms with van der Waals surface area (Å²) in [6.07, 6.45) is 1.55. The zero-order valence-electron chi connectivity index (χ0n) is 12.8. The Morgan fingerprint density at radius 1 is 0.792 bits per heavy atom. The molecule has 0 saturated heterocycles. The van der Waals surface area contributed by atoms with Gasteiger partial charge in [0.05, 0.1) is 0 Å². The number of hydrogen-bond donors (Lipinski definition) is 1. The van der Waals surface area contributed by atoms with Crippen molar-refractivity contribution in [1.29, 1.82) is 0 Å². The van der Waals surface area contributed by atoms with Crippen molar-refractivity contribution in [2.24, 2.45) is 0 Å². The first-order valence-electron chi connectivity index (χ1n) is 7.50. The molecule has 3 aromatic carbocycles. The van der Waals surface area contributed by atoms with Crippen LogP contribution in [0.15, 0.2) is 84.9 Å². The highest BCUT2D eigenvalue weighted by Gasteiger charge is 2.12. The molecule has 3 heteroatoms. The highest BCUT2D eigenvalue weighted by atomic mass is 35.5. The Bertz CT molecular complexity index is 881. The van der Waals surface area contributed by atoms with Gasteiger partial charge in [0, 0.05) is 16.1 Å². The second-order valence-corrected chi connectivity index (χ2v) is 5.75. The molecule has 24 heavy (non-hydrogen) atoms. The fourth-order valence-electron chi connectivity index (χ4n) is 2.46. The number of aromatic hydroxyl groups is 1. The number of halogens is 1. The molecule has 0 bridgehead atoms. The Morgan fingerprint density at radius 2 is 1.42 bits per heavy atom. The molecule has 0 saturated carbocycles. The molecule has 0 radical (unpaired) electrons. The van der Waals surface area contributed by atoms with E-state index in [0.717, 1.165) is 5.56 Å². The second kappa shape index (κ2) is 7.16. The van der Waals surface area contributed by atoms with Crippen LogP contribution in [-0.4, -0.2) is 10.9 Å². The Balaban J connectivity index is 2.12. The van der Waals surface area contributed by atoms with Crippen LogP contribution in [-0.2, 0) is 0 Å². The number of carbonyl (C=O) groups excluding carboxylic acids is 1. The molecule has 0 heterocycles. The van der Waals surface area contributed by atoms with E-state index in [1.807, 2.05) is 36.4 Å². The van der Waals surface area contributed by atoms with Gasteiger partial charge >= 0.3 is 0 Å². The summed E-state index contributed by atoms with van der Waals surface area (Å²) in [7, 11) is 0. The molecule has 0 aromatic heterocycles. The van der Waals surface area contributed by atoms with E-state index in [2.05, 4.69) is 0 Å². The standard InChI is InChI=1S/C21H15ClO2/c22-17-12-10-15(11-13-17)19(18-8-4-5-9-20(18)23)14-21(24)16-6-2-1-3-7-16/h1-14,23H/b19-14+. The van der Waals surface area contributed by atoms with Crippen molar-refractivity contribution in [3.05, 3.63) is 107 Å². The number of hydrogen-bond acceptors (Lipinski definition) is 2. The maximum absolute atomic E-state index is 12.6. The van der Waals surface area contributed by atoms with Gasteiger partial charge in [0.25, 0.3) is 0 Å². The van der Waals surface area contributed by atoms with Crippen molar-refractivity contribution < 1.29 is 9.90 Å². The summed E-state index contributed by atoms with van der Waals surface area (Å²) in [5.74, 6) is 0.00312. The third-order valence-electron chi connectivity index (χ3n) is 3.68. The van der Waals surface area contributed by atoms with E-state index in [-0.39, 0.29) is 11.5 Å². The highest BCUT2D eigenvalue weighted by molar-refractivity contribution is 6.30. The van der Waals surface area contributed by atoms with Gasteiger partial charge in [-0.25, -0.2) is 0 Å². The second-order valence-electron chi connectivity index (χ2n) is 5.31. The number of para-hydroxylation sites is 1. The molecule has 0 fully saturated rings. The fraction of sp³-hybridized carbons (Fsp3) is 0. The molecule has 0 atom stereocenters. The molecular weight excluding hydrogens is 320 g/mol. The van der Waals surface area contributed by atoms with Crippen LogP contribution in [0.1, 0.15) is 21.5 Å². The molecule has 0 unspecified atom stereocenters. The normalized spacial score (nSPS) is 11.3. The van der Waals surface area contributed by atoms with E-state index in [0.29, 0.717) is 21.7 Å². The molecule has 0 aliphatic heterocycles. The summed E-state index contributed by atoms with van der Waals surface area (Å²) in [6, 6.07) is 23.2. The third-order valence-corrected chi connectivity index (χ3v) is 3.94. The van der Waals surface area contributed by atoms with Gasteiger partial charge in [0.1, 0.15) is 5.75 Å². The Kier molecular flexibility index (Phi) is 4.78. The van der Waals surface area contributed by atoms with Crippen molar-refractivity contribution in [3.8, 4) is 5.75 Å². The maximum atomic E-state index is 12.6. The number of allylic oxidation sites excluding steroid dienone is 1. The zero-order chi connectivity index (χ0) is 16.9. The Morgan fingerprint density at radius 3 is 2.08 bits per heavy atom. The van der Waals surface area contributed by atoms with E-state index >= 15 is 0 Å². The van der Waals surface area contributed by atoms with Gasteiger partial charge in [0.2, 0.25) is 0 Å². The SMILES string of the molecule is O=C(/C=C(\c1ccc(Cl)cc1)c1ccccc1O)c1ccccc1. The van der Waals surface area contributed by atoms with Crippen LogP contribution in [0.25, 0.3) is 5.57 Å². The molecule has 1 N–H and O–H groups in total. The lowest BCUT2D eigenvalue weighted by Gasteiger charge is -2.10. The summed E-state index contributed by atoms with van der Waals surface area (Å²) < 4.78 is 0. The van der Waals surface area contributed by atoms with Crippen molar-refractivity contribution in [2.45, 2.75) is 0 Å². The molecule has 0 aliphatic rings. The number of benzene rings is 3. The average molecular weight is 335 g/mol. The van der Waals surface area contributed by atoms with E-state index in [4.69, 9.17) is 11.6 Å². The minimum atomic E-state index is -0.121. The van der Waals surface area contributed by atoms with E-state index in [1.165, 1.54) is 0 Å². The van der Waals surface area contributed by atoms with Crippen molar-refractivity contribution in [3.63, 3.8) is 0 Å². The number of phenolic OH excluding ortho intramolecular Hbond substituents is 1. The first-order chi connectivity index (χ1) is 11.6. The Hall–Kier alpha value is -2.84. The van der Waals surface area contributed by atoms with Crippen molar-refractivity contribution in [2.75, 3.05) is 0 Å². The maximum Gasteiger partial charge on any atom is 0.186 e. The Labute approximate surface area is 145 Å². The van der Waals surface area contributed by atoms with Gasteiger partial charge in [-0.05, 0) is 35.4 Å². The predicted molar refractivity (Wildman–Crippen MR) is 97.4 cm³/mol. The summed E-state index contributed by atoms with van der Waals surface area (Å²) >= 11 is 5.96. The smallest absolute Gasteiger partial charge is 0.186 e. The lowest BCUT2D eigenvalue weighted by atomic mass is 9.95. The monoisotopic (exact) mass is 334 g/mol. The minimum Gasteiger partial charge on any atom is -0.507 e. The zero-order valence-corrected chi connectivity index (χ0v) is 13.6. The van der Waals surface area contributed by atoms with Crippen LogP contribution < -0.4 is 0 Å². The molecule has 3 aromatic rings. The topological polar surface area (TPSA) is 37.3 Å². The quantitative estimate of drug-likeness (QED) is 0.515. The molecule has 0 aliphatic carbocycles. The van der Waals surface area contributed by atoms with Gasteiger partial charge in [-0.3, -0.25) is 4.79 Å². The third kappa shape index (κ3) is 3.55. The van der Waals surface area contributed by atoms with Gasteiger partial charge in [0.15, 0.2) is 5.78 Å². The lowest BCUT2D eigenvalue weighted by Crippen LogP contribution is -1.98. The molecule has 3 rings (SSSR count). The van der Waals surface area contributed by atoms with Crippen LogP contribution in [0.4, 0.5) is 0 Å². The predicted octanol–water partition coefficient (Wildman–Crippen LogP) is 5.36. The van der Waals surface area contributed by atoms with Crippen LogP contribution in [0, 0.1) is 0 Å². The number of rotatable bonds is 4. The first-order valence-corrected chi connectivity index (χ1v) is 7.88. The van der Waals surface area contributed by atoms with Crippen molar-refractivity contribution >= 4 is 23.0 Å². The molecule has 0 spiro atoms. The van der Waals surface area contributed by atoms with Gasteiger partial charge in [-0.1, -0.05) is 72.3 Å². The van der Waals surface area contributed by atoms with Crippen molar-refractivity contribution in [1.82, 2.24) is 0 Å². The number of phenols is 1. The number of carbonyl (C=O) groups is 1. The summed E-state index contributed by atoms with van der Waals surface area (Å²) in [6.45, 7) is 0. The van der Waals surface area contributed by atoms with Crippen LogP contribution in [0.5, 0.6) is 5.75 Å².